The van der Waals surface area contributed by atoms with E-state index in [1.54, 1.807) is 17.7 Å². The molecule has 13 heavy (non-hydrogen) atoms. The maximum atomic E-state index is 11.6. The Morgan fingerprint density at radius 3 is 2.69 bits per heavy atom. The van der Waals surface area contributed by atoms with Crippen LogP contribution in [0.4, 0.5) is 0 Å². The van der Waals surface area contributed by atoms with E-state index in [0.717, 1.165) is 4.47 Å². The molecule has 0 bridgehead atoms. The number of carbonyl (C=O) groups is 1. The number of carbonyl (C=O) groups excluding carboxylic acids is 1. The first-order valence-corrected chi connectivity index (χ1v) is 4.49. The zero-order valence-electron chi connectivity index (χ0n) is 7.74. The van der Waals surface area contributed by atoms with Crippen molar-refractivity contribution in [1.82, 2.24) is 9.63 Å². The third kappa shape index (κ3) is 2.10. The molecule has 0 aliphatic heterocycles. The Morgan fingerprint density at radius 2 is 2.31 bits per heavy atom. The van der Waals surface area contributed by atoms with Crippen LogP contribution in [0, 0.1) is 0 Å². The van der Waals surface area contributed by atoms with Crippen molar-refractivity contribution in [1.29, 1.82) is 0 Å². The van der Waals surface area contributed by atoms with Gasteiger partial charge in [-0.2, -0.15) is 0 Å². The molecule has 1 heterocycles. The summed E-state index contributed by atoms with van der Waals surface area (Å²) in [4.78, 5) is 16.4. The third-order valence-electron chi connectivity index (χ3n) is 1.75. The smallest absolute Gasteiger partial charge is 0.293 e. The zero-order chi connectivity index (χ0) is 10.0. The minimum atomic E-state index is -0.171. The van der Waals surface area contributed by atoms with Crippen molar-refractivity contribution in [3.63, 3.8) is 0 Å². The topological polar surface area (TPSA) is 34.5 Å². The Labute approximate surface area is 85.2 Å². The predicted octanol–water partition coefficient (Wildman–Crippen LogP) is 1.42. The molecule has 0 saturated heterocycles. The van der Waals surface area contributed by atoms with E-state index >= 15 is 0 Å². The normalized spacial score (nSPS) is 10.2. The number of nitrogens with zero attached hydrogens (tertiary/aromatic N) is 2. The summed E-state index contributed by atoms with van der Waals surface area (Å²) in [6, 6.07) is 1.75. The number of aromatic nitrogens is 1. The third-order valence-corrected chi connectivity index (χ3v) is 2.18. The van der Waals surface area contributed by atoms with Crippen LogP contribution in [0.5, 0.6) is 0 Å². The summed E-state index contributed by atoms with van der Waals surface area (Å²) in [6.07, 6.45) is 1.82. The maximum Gasteiger partial charge on any atom is 0.293 e. The van der Waals surface area contributed by atoms with Crippen molar-refractivity contribution in [3.8, 4) is 0 Å². The van der Waals surface area contributed by atoms with Gasteiger partial charge in [-0.15, -0.1) is 0 Å². The second-order valence-corrected chi connectivity index (χ2v) is 3.56. The number of hydroxylamine groups is 2. The van der Waals surface area contributed by atoms with Crippen molar-refractivity contribution in [2.24, 2.45) is 7.05 Å². The van der Waals surface area contributed by atoms with Crippen LogP contribution in [-0.4, -0.2) is 29.7 Å². The second-order valence-electron chi connectivity index (χ2n) is 2.64. The van der Waals surface area contributed by atoms with Gasteiger partial charge in [0, 0.05) is 24.8 Å². The van der Waals surface area contributed by atoms with Crippen LogP contribution in [0.15, 0.2) is 16.7 Å². The van der Waals surface area contributed by atoms with Crippen LogP contribution in [0.1, 0.15) is 10.5 Å². The predicted molar refractivity (Wildman–Crippen MR) is 52.2 cm³/mol. The van der Waals surface area contributed by atoms with Crippen molar-refractivity contribution in [2.45, 2.75) is 0 Å². The summed E-state index contributed by atoms with van der Waals surface area (Å²) < 4.78 is 2.62. The summed E-state index contributed by atoms with van der Waals surface area (Å²) in [7, 11) is 4.83. The average molecular weight is 247 g/mol. The van der Waals surface area contributed by atoms with Crippen molar-refractivity contribution in [3.05, 3.63) is 22.4 Å². The van der Waals surface area contributed by atoms with E-state index < -0.39 is 0 Å². The number of hydrogen-bond donors (Lipinski definition) is 0. The lowest BCUT2D eigenvalue weighted by Crippen LogP contribution is -2.26. The molecule has 0 saturated carbocycles. The molecule has 4 nitrogen and oxygen atoms in total. The van der Waals surface area contributed by atoms with Gasteiger partial charge in [-0.05, 0) is 22.0 Å². The van der Waals surface area contributed by atoms with Gasteiger partial charge in [0.05, 0.1) is 7.11 Å². The van der Waals surface area contributed by atoms with Gasteiger partial charge >= 0.3 is 0 Å². The molecule has 0 fully saturated rings. The Balaban J connectivity index is 2.94. The lowest BCUT2D eigenvalue weighted by atomic mass is 10.4. The quantitative estimate of drug-likeness (QED) is 0.741. The minimum Gasteiger partial charge on any atom is -0.345 e. The van der Waals surface area contributed by atoms with Crippen LogP contribution in [0.25, 0.3) is 0 Å². The van der Waals surface area contributed by atoms with E-state index in [1.165, 1.54) is 12.2 Å². The highest BCUT2D eigenvalue weighted by atomic mass is 79.9. The zero-order valence-corrected chi connectivity index (χ0v) is 9.33. The van der Waals surface area contributed by atoms with Crippen LogP contribution >= 0.6 is 15.9 Å². The molecule has 1 rings (SSSR count). The van der Waals surface area contributed by atoms with Crippen LogP contribution in [0.2, 0.25) is 0 Å². The minimum absolute atomic E-state index is 0.171. The van der Waals surface area contributed by atoms with Gasteiger partial charge in [-0.25, -0.2) is 5.06 Å². The fourth-order valence-corrected chi connectivity index (χ4v) is 1.51. The molecule has 0 aromatic carbocycles. The standard InChI is InChI=1S/C8H11BrN2O2/c1-10-5-6(9)4-7(10)8(12)11(2)13-3/h4-5H,1-3H3. The highest BCUT2D eigenvalue weighted by Gasteiger charge is 2.15. The summed E-state index contributed by atoms with van der Waals surface area (Å²) in [5.41, 5.74) is 0.580. The van der Waals surface area contributed by atoms with Crippen molar-refractivity contribution < 1.29 is 9.63 Å². The van der Waals surface area contributed by atoms with Crippen LogP contribution < -0.4 is 0 Å². The van der Waals surface area contributed by atoms with Crippen molar-refractivity contribution >= 4 is 21.8 Å². The van der Waals surface area contributed by atoms with Gasteiger partial charge in [-0.3, -0.25) is 9.63 Å². The monoisotopic (exact) mass is 246 g/mol. The molecule has 5 heteroatoms. The van der Waals surface area contributed by atoms with Gasteiger partial charge in [0.15, 0.2) is 0 Å². The first kappa shape index (κ1) is 10.3. The van der Waals surface area contributed by atoms with E-state index in [2.05, 4.69) is 15.9 Å². The van der Waals surface area contributed by atoms with E-state index in [9.17, 15) is 4.79 Å². The fourth-order valence-electron chi connectivity index (χ4n) is 0.981. The highest BCUT2D eigenvalue weighted by molar-refractivity contribution is 9.10. The largest absolute Gasteiger partial charge is 0.345 e. The van der Waals surface area contributed by atoms with Gasteiger partial charge in [0.2, 0.25) is 0 Å². The average Bonchev–Trinajstić information content (AvgIpc) is 2.42. The summed E-state index contributed by atoms with van der Waals surface area (Å²) in [5, 5.41) is 1.18. The molecule has 0 N–H and O–H groups in total. The van der Waals surface area contributed by atoms with E-state index in [4.69, 9.17) is 4.84 Å². The Bertz CT molecular complexity index is 322. The summed E-state index contributed by atoms with van der Waals surface area (Å²) in [6.45, 7) is 0. The molecule has 0 atom stereocenters. The number of hydrogen-bond acceptors (Lipinski definition) is 2. The first-order valence-electron chi connectivity index (χ1n) is 3.70. The molecule has 0 radical (unpaired) electrons. The molecule has 0 spiro atoms. The van der Waals surface area contributed by atoms with Gasteiger partial charge < -0.3 is 4.57 Å². The fraction of sp³-hybridized carbons (Fsp3) is 0.375. The van der Waals surface area contributed by atoms with Gasteiger partial charge in [0.25, 0.3) is 5.91 Å². The first-order chi connectivity index (χ1) is 6.06. The summed E-state index contributed by atoms with van der Waals surface area (Å²) >= 11 is 3.29. The Kier molecular flexibility index (Phi) is 3.11. The van der Waals surface area contributed by atoms with E-state index in [1.807, 2.05) is 13.2 Å². The Hall–Kier alpha value is -0.810. The summed E-state index contributed by atoms with van der Waals surface area (Å²) in [5.74, 6) is -0.171. The maximum absolute atomic E-state index is 11.6. The SMILES string of the molecule is CON(C)C(=O)c1cc(Br)cn1C. The van der Waals surface area contributed by atoms with E-state index in [-0.39, 0.29) is 5.91 Å². The molecule has 72 valence electrons. The number of halogens is 1. The van der Waals surface area contributed by atoms with E-state index in [0.29, 0.717) is 5.69 Å². The number of amides is 1. The molecular weight excluding hydrogens is 236 g/mol. The van der Waals surface area contributed by atoms with Gasteiger partial charge in [-0.1, -0.05) is 0 Å². The van der Waals surface area contributed by atoms with Crippen LogP contribution in [0.3, 0.4) is 0 Å². The molecule has 1 amide bonds. The van der Waals surface area contributed by atoms with Crippen molar-refractivity contribution in [2.75, 3.05) is 14.2 Å². The molecule has 0 aliphatic carbocycles. The molecule has 1 aromatic rings. The lowest BCUT2D eigenvalue weighted by Gasteiger charge is -2.13. The van der Waals surface area contributed by atoms with Crippen LogP contribution in [-0.2, 0) is 11.9 Å². The lowest BCUT2D eigenvalue weighted by molar-refractivity contribution is -0.0762. The second kappa shape index (κ2) is 3.93. The molecule has 1 aromatic heterocycles. The van der Waals surface area contributed by atoms with Gasteiger partial charge in [0.1, 0.15) is 5.69 Å². The molecular formula is C8H11BrN2O2. The highest BCUT2D eigenvalue weighted by Crippen LogP contribution is 2.14. The molecule has 0 unspecified atom stereocenters. The Morgan fingerprint density at radius 1 is 1.69 bits per heavy atom. The molecule has 0 aliphatic rings. The number of aryl methyl sites for hydroxylation is 1. The number of rotatable bonds is 2.